The molecule has 0 bridgehead atoms. The average Bonchev–Trinajstić information content (AvgIpc) is 2.70. The van der Waals surface area contributed by atoms with Gasteiger partial charge >= 0.3 is 0 Å². The van der Waals surface area contributed by atoms with E-state index in [0.29, 0.717) is 25.7 Å². The molecule has 0 aromatic carbocycles. The van der Waals surface area contributed by atoms with E-state index < -0.39 is 5.97 Å². The Balaban J connectivity index is 2.63. The third-order valence-electron chi connectivity index (χ3n) is 6.01. The smallest absolute Gasteiger partial charge is 0.285 e. The van der Waals surface area contributed by atoms with Crippen LogP contribution in [0.1, 0.15) is 105 Å². The van der Waals surface area contributed by atoms with Gasteiger partial charge in [0.15, 0.2) is 0 Å². The van der Waals surface area contributed by atoms with Gasteiger partial charge in [-0.25, -0.2) is 0 Å². The molecule has 1 rings (SSSR count). The van der Waals surface area contributed by atoms with Gasteiger partial charge in [-0.05, 0) is 71.9 Å². The summed E-state index contributed by atoms with van der Waals surface area (Å²) < 4.78 is 18.5. The predicted molar refractivity (Wildman–Crippen MR) is 119 cm³/mol. The molecule has 1 saturated heterocycles. The molecule has 0 amide bonds. The molecule has 1 heterocycles. The summed E-state index contributed by atoms with van der Waals surface area (Å²) in [5.74, 6) is 0.297. The summed E-state index contributed by atoms with van der Waals surface area (Å²) in [4.78, 5) is 0. The number of hydrogen-bond acceptors (Lipinski definition) is 4. The van der Waals surface area contributed by atoms with E-state index in [1.54, 1.807) is 0 Å². The molecule has 0 radical (unpaired) electrons. The maximum atomic E-state index is 6.15. The van der Waals surface area contributed by atoms with Crippen molar-refractivity contribution in [3.05, 3.63) is 0 Å². The molecular weight excluding hydrogens is 350 g/mol. The monoisotopic (exact) mass is 399 g/mol. The standard InChI is InChI=1S/C24H49NO3/c1-5-9-10-11-12-13-18-23(19-14-16-22-17-15-20-25-21-22)24(26-6-2,27-7-3)28-8-4/h22-23,25H,5-21H2,1-4H3. The molecule has 4 nitrogen and oxygen atoms in total. The highest BCUT2D eigenvalue weighted by atomic mass is 16.9. The summed E-state index contributed by atoms with van der Waals surface area (Å²) in [5, 5.41) is 3.55. The highest BCUT2D eigenvalue weighted by molar-refractivity contribution is 4.75. The minimum absolute atomic E-state index is 0.315. The van der Waals surface area contributed by atoms with Crippen molar-refractivity contribution in [2.45, 2.75) is 111 Å². The van der Waals surface area contributed by atoms with Crippen molar-refractivity contribution in [1.82, 2.24) is 5.32 Å². The van der Waals surface area contributed by atoms with E-state index in [2.05, 4.69) is 12.2 Å². The SMILES string of the molecule is CCCCCCCCC(CCCC1CCCNC1)C(OCC)(OCC)OCC. The van der Waals surface area contributed by atoms with Gasteiger partial charge in [-0.3, -0.25) is 0 Å². The van der Waals surface area contributed by atoms with E-state index >= 15 is 0 Å². The summed E-state index contributed by atoms with van der Waals surface area (Å²) in [6.45, 7) is 12.7. The number of nitrogens with one attached hydrogen (secondary N) is 1. The first kappa shape index (κ1) is 25.9. The molecule has 0 spiro atoms. The van der Waals surface area contributed by atoms with Gasteiger partial charge in [0, 0.05) is 25.7 Å². The van der Waals surface area contributed by atoms with Gasteiger partial charge in [-0.1, -0.05) is 51.9 Å². The lowest BCUT2D eigenvalue weighted by Gasteiger charge is -2.39. The Morgan fingerprint density at radius 1 is 0.821 bits per heavy atom. The summed E-state index contributed by atoms with van der Waals surface area (Å²) in [7, 11) is 0. The molecular formula is C24H49NO3. The van der Waals surface area contributed by atoms with Gasteiger partial charge in [0.05, 0.1) is 0 Å². The number of unbranched alkanes of at least 4 members (excludes halogenated alkanes) is 5. The van der Waals surface area contributed by atoms with E-state index in [0.717, 1.165) is 18.8 Å². The van der Waals surface area contributed by atoms with Crippen LogP contribution in [0.15, 0.2) is 0 Å². The fraction of sp³-hybridized carbons (Fsp3) is 1.00. The number of rotatable bonds is 18. The lowest BCUT2D eigenvalue weighted by atomic mass is 9.88. The molecule has 2 atom stereocenters. The number of hydrogen-bond donors (Lipinski definition) is 1. The predicted octanol–water partition coefficient (Wildman–Crippen LogP) is 6.29. The second-order valence-corrected chi connectivity index (χ2v) is 8.30. The van der Waals surface area contributed by atoms with E-state index in [1.165, 1.54) is 77.3 Å². The van der Waals surface area contributed by atoms with Crippen molar-refractivity contribution in [3.63, 3.8) is 0 Å². The first-order valence-electron chi connectivity index (χ1n) is 12.3. The van der Waals surface area contributed by atoms with Crippen LogP contribution in [0.3, 0.4) is 0 Å². The van der Waals surface area contributed by atoms with Crippen molar-refractivity contribution in [1.29, 1.82) is 0 Å². The Morgan fingerprint density at radius 3 is 2.00 bits per heavy atom. The van der Waals surface area contributed by atoms with E-state index in [4.69, 9.17) is 14.2 Å². The van der Waals surface area contributed by atoms with Gasteiger partial charge in [0.1, 0.15) is 0 Å². The Kier molecular flexibility index (Phi) is 15.4. The lowest BCUT2D eigenvalue weighted by molar-refractivity contribution is -0.403. The van der Waals surface area contributed by atoms with Crippen molar-refractivity contribution < 1.29 is 14.2 Å². The molecule has 28 heavy (non-hydrogen) atoms. The van der Waals surface area contributed by atoms with Gasteiger partial charge in [0.2, 0.25) is 0 Å². The minimum atomic E-state index is -0.855. The largest absolute Gasteiger partial charge is 0.328 e. The van der Waals surface area contributed by atoms with Crippen LogP contribution in [0.25, 0.3) is 0 Å². The average molecular weight is 400 g/mol. The second-order valence-electron chi connectivity index (χ2n) is 8.30. The lowest BCUT2D eigenvalue weighted by Crippen LogP contribution is -2.47. The second kappa shape index (κ2) is 16.6. The van der Waals surface area contributed by atoms with Crippen LogP contribution in [-0.2, 0) is 14.2 Å². The number of ether oxygens (including phenoxy) is 3. The van der Waals surface area contributed by atoms with Gasteiger partial charge < -0.3 is 19.5 Å². The molecule has 1 fully saturated rings. The Bertz CT molecular complexity index is 328. The van der Waals surface area contributed by atoms with Crippen LogP contribution in [0.2, 0.25) is 0 Å². The van der Waals surface area contributed by atoms with Gasteiger partial charge in [0.25, 0.3) is 5.97 Å². The summed E-state index contributed by atoms with van der Waals surface area (Å²) >= 11 is 0. The molecule has 4 heteroatoms. The topological polar surface area (TPSA) is 39.7 Å². The van der Waals surface area contributed by atoms with Crippen LogP contribution in [0.5, 0.6) is 0 Å². The Morgan fingerprint density at radius 2 is 1.43 bits per heavy atom. The summed E-state index contributed by atoms with van der Waals surface area (Å²) in [5.41, 5.74) is 0. The molecule has 168 valence electrons. The van der Waals surface area contributed by atoms with Crippen LogP contribution in [0.4, 0.5) is 0 Å². The maximum Gasteiger partial charge on any atom is 0.285 e. The zero-order valence-corrected chi connectivity index (χ0v) is 19.4. The quantitative estimate of drug-likeness (QED) is 0.217. The highest BCUT2D eigenvalue weighted by Crippen LogP contribution is 2.35. The molecule has 2 unspecified atom stereocenters. The van der Waals surface area contributed by atoms with Crippen LogP contribution >= 0.6 is 0 Å². The molecule has 1 aliphatic heterocycles. The van der Waals surface area contributed by atoms with Crippen molar-refractivity contribution in [3.8, 4) is 0 Å². The zero-order chi connectivity index (χ0) is 20.5. The normalized spacial score (nSPS) is 19.1. The molecule has 0 aromatic rings. The van der Waals surface area contributed by atoms with Crippen molar-refractivity contribution in [2.75, 3.05) is 32.9 Å². The third-order valence-corrected chi connectivity index (χ3v) is 6.01. The minimum Gasteiger partial charge on any atom is -0.328 e. The summed E-state index contributed by atoms with van der Waals surface area (Å²) in [6, 6.07) is 0. The van der Waals surface area contributed by atoms with E-state index in [1.807, 2.05) is 20.8 Å². The number of piperidine rings is 1. The zero-order valence-electron chi connectivity index (χ0n) is 19.4. The van der Waals surface area contributed by atoms with Crippen molar-refractivity contribution in [2.24, 2.45) is 11.8 Å². The molecule has 1 N–H and O–H groups in total. The highest BCUT2D eigenvalue weighted by Gasteiger charge is 2.41. The van der Waals surface area contributed by atoms with Crippen LogP contribution in [0, 0.1) is 11.8 Å². The maximum absolute atomic E-state index is 6.15. The first-order valence-corrected chi connectivity index (χ1v) is 12.3. The van der Waals surface area contributed by atoms with Gasteiger partial charge in [-0.2, -0.15) is 0 Å². The fourth-order valence-corrected chi connectivity index (χ4v) is 4.57. The molecule has 0 aromatic heterocycles. The van der Waals surface area contributed by atoms with Gasteiger partial charge in [-0.15, -0.1) is 0 Å². The molecule has 1 aliphatic rings. The van der Waals surface area contributed by atoms with E-state index in [9.17, 15) is 0 Å². The summed E-state index contributed by atoms with van der Waals surface area (Å²) in [6.07, 6.45) is 15.4. The molecule has 0 saturated carbocycles. The molecule has 0 aliphatic carbocycles. The van der Waals surface area contributed by atoms with Crippen LogP contribution < -0.4 is 5.32 Å². The van der Waals surface area contributed by atoms with E-state index in [-0.39, 0.29) is 0 Å². The van der Waals surface area contributed by atoms with Crippen LogP contribution in [-0.4, -0.2) is 38.9 Å². The fourth-order valence-electron chi connectivity index (χ4n) is 4.57. The third kappa shape index (κ3) is 10.0. The Hall–Kier alpha value is -0.160. The van der Waals surface area contributed by atoms with Crippen molar-refractivity contribution >= 4 is 0 Å². The first-order chi connectivity index (χ1) is 13.7. The Labute approximate surface area is 175 Å².